The molecular weight excluding hydrogens is 226 g/mol. The smallest absolute Gasteiger partial charge is 0.270 e. The SMILES string of the molecule is O=C1COc2scnc2N1c1ccncc1. The van der Waals surface area contributed by atoms with Crippen molar-refractivity contribution in [3.05, 3.63) is 30.0 Å². The largest absolute Gasteiger partial charge is 0.471 e. The van der Waals surface area contributed by atoms with Gasteiger partial charge in [-0.25, -0.2) is 4.98 Å². The van der Waals surface area contributed by atoms with Gasteiger partial charge >= 0.3 is 0 Å². The summed E-state index contributed by atoms with van der Waals surface area (Å²) in [4.78, 5) is 21.4. The van der Waals surface area contributed by atoms with Crippen molar-refractivity contribution in [2.24, 2.45) is 0 Å². The van der Waals surface area contributed by atoms with E-state index in [1.54, 1.807) is 34.9 Å². The number of nitrogens with zero attached hydrogens (tertiary/aromatic N) is 3. The highest BCUT2D eigenvalue weighted by Gasteiger charge is 2.29. The lowest BCUT2D eigenvalue weighted by atomic mass is 10.3. The molecule has 0 N–H and O–H groups in total. The van der Waals surface area contributed by atoms with Gasteiger partial charge in [-0.3, -0.25) is 14.7 Å². The van der Waals surface area contributed by atoms with E-state index < -0.39 is 0 Å². The lowest BCUT2D eigenvalue weighted by molar-refractivity contribution is -0.120. The second kappa shape index (κ2) is 3.57. The van der Waals surface area contributed by atoms with Crippen LogP contribution in [-0.4, -0.2) is 22.5 Å². The van der Waals surface area contributed by atoms with Gasteiger partial charge in [-0.1, -0.05) is 11.3 Å². The Bertz CT molecular complexity index is 526. The Labute approximate surface area is 95.3 Å². The van der Waals surface area contributed by atoms with Crippen molar-refractivity contribution < 1.29 is 9.53 Å². The van der Waals surface area contributed by atoms with Crippen LogP contribution in [0.1, 0.15) is 0 Å². The summed E-state index contributed by atoms with van der Waals surface area (Å²) in [5.74, 6) is 0.442. The quantitative estimate of drug-likeness (QED) is 0.750. The third-order valence-corrected chi connectivity index (χ3v) is 2.95. The van der Waals surface area contributed by atoms with E-state index in [0.29, 0.717) is 10.9 Å². The van der Waals surface area contributed by atoms with Crippen LogP contribution in [0.4, 0.5) is 11.5 Å². The van der Waals surface area contributed by atoms with Crippen LogP contribution in [0.3, 0.4) is 0 Å². The van der Waals surface area contributed by atoms with Gasteiger partial charge in [0.1, 0.15) is 0 Å². The van der Waals surface area contributed by atoms with E-state index in [1.807, 2.05) is 0 Å². The van der Waals surface area contributed by atoms with Crippen molar-refractivity contribution in [2.75, 3.05) is 11.5 Å². The Hall–Kier alpha value is -1.95. The van der Waals surface area contributed by atoms with E-state index in [0.717, 1.165) is 5.69 Å². The molecule has 0 saturated carbocycles. The molecule has 2 aromatic rings. The summed E-state index contributed by atoms with van der Waals surface area (Å²) in [6.45, 7) is 0.0531. The number of hydrogen-bond donors (Lipinski definition) is 0. The second-order valence-electron chi connectivity index (χ2n) is 3.19. The molecule has 6 heteroatoms. The Kier molecular flexibility index (Phi) is 2.07. The van der Waals surface area contributed by atoms with Gasteiger partial charge in [0.15, 0.2) is 12.4 Å². The highest BCUT2D eigenvalue weighted by molar-refractivity contribution is 7.12. The number of anilines is 2. The predicted molar refractivity (Wildman–Crippen MR) is 59.0 cm³/mol. The summed E-state index contributed by atoms with van der Waals surface area (Å²) in [5.41, 5.74) is 2.42. The lowest BCUT2D eigenvalue weighted by Gasteiger charge is -2.25. The number of carbonyl (C=O) groups is 1. The summed E-state index contributed by atoms with van der Waals surface area (Å²) >= 11 is 1.38. The number of ether oxygens (including phenoxy) is 1. The maximum Gasteiger partial charge on any atom is 0.270 e. The fourth-order valence-corrected chi connectivity index (χ4v) is 2.17. The summed E-state index contributed by atoms with van der Waals surface area (Å²) in [6, 6.07) is 3.54. The monoisotopic (exact) mass is 233 g/mol. The van der Waals surface area contributed by atoms with Crippen LogP contribution in [0, 0.1) is 0 Å². The normalized spacial score (nSPS) is 14.5. The molecule has 3 heterocycles. The average molecular weight is 233 g/mol. The third-order valence-electron chi connectivity index (χ3n) is 2.23. The molecule has 16 heavy (non-hydrogen) atoms. The number of aromatic nitrogens is 2. The number of amides is 1. The average Bonchev–Trinajstić information content (AvgIpc) is 2.78. The first kappa shape index (κ1) is 9.29. The second-order valence-corrected chi connectivity index (χ2v) is 4.00. The van der Waals surface area contributed by atoms with Crippen LogP contribution < -0.4 is 9.64 Å². The summed E-state index contributed by atoms with van der Waals surface area (Å²) in [7, 11) is 0. The van der Waals surface area contributed by atoms with Crippen LogP contribution in [-0.2, 0) is 4.79 Å². The van der Waals surface area contributed by atoms with E-state index >= 15 is 0 Å². The Morgan fingerprint density at radius 3 is 3.00 bits per heavy atom. The van der Waals surface area contributed by atoms with Crippen molar-refractivity contribution in [1.29, 1.82) is 0 Å². The molecule has 5 nitrogen and oxygen atoms in total. The van der Waals surface area contributed by atoms with Gasteiger partial charge in [-0.05, 0) is 12.1 Å². The zero-order chi connectivity index (χ0) is 11.0. The van der Waals surface area contributed by atoms with Gasteiger partial charge in [0.25, 0.3) is 5.91 Å². The molecule has 0 bridgehead atoms. The molecule has 80 valence electrons. The summed E-state index contributed by atoms with van der Waals surface area (Å²) < 4.78 is 5.28. The Morgan fingerprint density at radius 2 is 2.19 bits per heavy atom. The van der Waals surface area contributed by atoms with Crippen molar-refractivity contribution >= 4 is 28.7 Å². The van der Waals surface area contributed by atoms with Crippen molar-refractivity contribution in [3.63, 3.8) is 0 Å². The Morgan fingerprint density at radius 1 is 1.38 bits per heavy atom. The van der Waals surface area contributed by atoms with E-state index in [1.165, 1.54) is 11.3 Å². The minimum Gasteiger partial charge on any atom is -0.471 e. The van der Waals surface area contributed by atoms with Crippen LogP contribution in [0.25, 0.3) is 0 Å². The number of carbonyl (C=O) groups excluding carboxylic acids is 1. The summed E-state index contributed by atoms with van der Waals surface area (Å²) in [5, 5.41) is 0.677. The molecular formula is C10H7N3O2S. The van der Waals surface area contributed by atoms with Crippen LogP contribution in [0.15, 0.2) is 30.0 Å². The maximum atomic E-state index is 11.8. The first-order chi connectivity index (χ1) is 7.86. The number of thiazole rings is 1. The van der Waals surface area contributed by atoms with Gasteiger partial charge in [-0.15, -0.1) is 0 Å². The highest BCUT2D eigenvalue weighted by atomic mass is 32.1. The molecule has 0 radical (unpaired) electrons. The molecule has 1 amide bonds. The van der Waals surface area contributed by atoms with E-state index in [4.69, 9.17) is 4.74 Å². The van der Waals surface area contributed by atoms with E-state index in [2.05, 4.69) is 9.97 Å². The fourth-order valence-electron chi connectivity index (χ4n) is 1.55. The standard InChI is InChI=1S/C10H7N3O2S/c14-8-5-15-10-9(12-6-16-10)13(8)7-1-3-11-4-2-7/h1-4,6H,5H2. The number of rotatable bonds is 1. The minimum absolute atomic E-state index is 0.0531. The molecule has 0 saturated heterocycles. The molecule has 3 rings (SSSR count). The van der Waals surface area contributed by atoms with Gasteiger partial charge < -0.3 is 4.74 Å². The number of fused-ring (bicyclic) bond motifs is 1. The molecule has 0 unspecified atom stereocenters. The highest BCUT2D eigenvalue weighted by Crippen LogP contribution is 2.38. The zero-order valence-corrected chi connectivity index (χ0v) is 8.98. The first-order valence-electron chi connectivity index (χ1n) is 4.65. The summed E-state index contributed by atoms with van der Waals surface area (Å²) in [6.07, 6.45) is 3.29. The molecule has 0 fully saturated rings. The lowest BCUT2D eigenvalue weighted by Crippen LogP contribution is -2.34. The van der Waals surface area contributed by atoms with Crippen molar-refractivity contribution in [1.82, 2.24) is 9.97 Å². The van der Waals surface area contributed by atoms with Crippen molar-refractivity contribution in [3.8, 4) is 5.06 Å². The van der Waals surface area contributed by atoms with Crippen molar-refractivity contribution in [2.45, 2.75) is 0 Å². The molecule has 1 aliphatic rings. The molecule has 0 aromatic carbocycles. The maximum absolute atomic E-state index is 11.8. The molecule has 0 atom stereocenters. The zero-order valence-electron chi connectivity index (χ0n) is 8.16. The first-order valence-corrected chi connectivity index (χ1v) is 5.53. The number of pyridine rings is 1. The van der Waals surface area contributed by atoms with Gasteiger partial charge in [0.2, 0.25) is 5.06 Å². The molecule has 1 aliphatic heterocycles. The van der Waals surface area contributed by atoms with Gasteiger partial charge in [-0.2, -0.15) is 0 Å². The molecule has 0 aliphatic carbocycles. The minimum atomic E-state index is -0.121. The van der Waals surface area contributed by atoms with Crippen LogP contribution >= 0.6 is 11.3 Å². The van der Waals surface area contributed by atoms with Crippen LogP contribution in [0.5, 0.6) is 5.06 Å². The van der Waals surface area contributed by atoms with E-state index in [-0.39, 0.29) is 12.5 Å². The van der Waals surface area contributed by atoms with Gasteiger partial charge in [0.05, 0.1) is 11.2 Å². The Balaban J connectivity index is 2.11. The topological polar surface area (TPSA) is 55.3 Å². The van der Waals surface area contributed by atoms with Gasteiger partial charge in [0, 0.05) is 12.4 Å². The fraction of sp³-hybridized carbons (Fsp3) is 0.100. The van der Waals surface area contributed by atoms with Crippen LogP contribution in [0.2, 0.25) is 0 Å². The predicted octanol–water partition coefficient (Wildman–Crippen LogP) is 1.60. The molecule has 0 spiro atoms. The van der Waals surface area contributed by atoms with E-state index in [9.17, 15) is 4.79 Å². The third kappa shape index (κ3) is 1.35. The number of hydrogen-bond acceptors (Lipinski definition) is 5. The molecule has 2 aromatic heterocycles.